The Morgan fingerprint density at radius 3 is 2.63 bits per heavy atom. The zero-order chi connectivity index (χ0) is 26.7. The van der Waals surface area contributed by atoms with Crippen molar-refractivity contribution in [3.63, 3.8) is 0 Å². The van der Waals surface area contributed by atoms with Crippen LogP contribution in [-0.2, 0) is 22.6 Å². The molecule has 0 unspecified atom stereocenters. The smallest absolute Gasteiger partial charge is 0.287 e. The van der Waals surface area contributed by atoms with E-state index in [-0.39, 0.29) is 36.3 Å². The molecule has 0 bridgehead atoms. The Morgan fingerprint density at radius 1 is 1.08 bits per heavy atom. The fourth-order valence-corrected chi connectivity index (χ4v) is 5.16. The number of amides is 2. The first-order chi connectivity index (χ1) is 18.3. The molecule has 2 aliphatic rings. The van der Waals surface area contributed by atoms with E-state index in [1.54, 1.807) is 12.1 Å². The summed E-state index contributed by atoms with van der Waals surface area (Å²) < 4.78 is 17.4. The number of benzene rings is 2. The number of nitrogens with zero attached hydrogens (tertiary/aromatic N) is 1. The first kappa shape index (κ1) is 26.0. The van der Waals surface area contributed by atoms with Crippen molar-refractivity contribution in [2.75, 3.05) is 19.7 Å². The average Bonchev–Trinajstić information content (AvgIpc) is 3.62. The summed E-state index contributed by atoms with van der Waals surface area (Å²) in [5, 5.41) is 2.88. The predicted molar refractivity (Wildman–Crippen MR) is 144 cm³/mol. The van der Waals surface area contributed by atoms with Crippen LogP contribution in [-0.4, -0.2) is 42.5 Å². The second kappa shape index (κ2) is 11.0. The molecule has 1 N–H and O–H groups in total. The van der Waals surface area contributed by atoms with Gasteiger partial charge in [0.1, 0.15) is 18.1 Å². The van der Waals surface area contributed by atoms with Gasteiger partial charge in [0.2, 0.25) is 5.91 Å². The van der Waals surface area contributed by atoms with Crippen LogP contribution >= 0.6 is 0 Å². The summed E-state index contributed by atoms with van der Waals surface area (Å²) in [6.07, 6.45) is 2.87. The van der Waals surface area contributed by atoms with Gasteiger partial charge in [0.15, 0.2) is 5.76 Å². The van der Waals surface area contributed by atoms with Crippen molar-refractivity contribution in [2.45, 2.75) is 58.8 Å². The van der Waals surface area contributed by atoms with E-state index in [1.807, 2.05) is 56.0 Å². The van der Waals surface area contributed by atoms with Gasteiger partial charge in [0.25, 0.3) is 5.91 Å². The third-order valence-corrected chi connectivity index (χ3v) is 7.14. The van der Waals surface area contributed by atoms with Gasteiger partial charge in [-0.3, -0.25) is 9.59 Å². The fourth-order valence-electron chi connectivity index (χ4n) is 5.16. The number of fused-ring (bicyclic) bond motifs is 1. The summed E-state index contributed by atoms with van der Waals surface area (Å²) in [4.78, 5) is 27.9. The first-order valence-electron chi connectivity index (χ1n) is 13.4. The maximum absolute atomic E-state index is 13.4. The van der Waals surface area contributed by atoms with Crippen molar-refractivity contribution in [3.05, 3.63) is 88.9 Å². The lowest BCUT2D eigenvalue weighted by Crippen LogP contribution is -2.45. The second-order valence-corrected chi connectivity index (χ2v) is 11.1. The molecule has 2 aromatic carbocycles. The van der Waals surface area contributed by atoms with Gasteiger partial charge in [-0.05, 0) is 60.2 Å². The van der Waals surface area contributed by atoms with E-state index >= 15 is 0 Å². The highest BCUT2D eigenvalue weighted by Gasteiger charge is 2.37. The summed E-state index contributed by atoms with van der Waals surface area (Å²) >= 11 is 0. The van der Waals surface area contributed by atoms with Crippen molar-refractivity contribution in [2.24, 2.45) is 5.41 Å². The summed E-state index contributed by atoms with van der Waals surface area (Å²) in [6, 6.07) is 19.5. The first-order valence-corrected chi connectivity index (χ1v) is 13.4. The Kier molecular flexibility index (Phi) is 7.56. The molecule has 3 heterocycles. The van der Waals surface area contributed by atoms with Gasteiger partial charge in [-0.1, -0.05) is 57.2 Å². The predicted octanol–water partition coefficient (Wildman–Crippen LogP) is 5.29. The monoisotopic (exact) mass is 516 g/mol. The largest absolute Gasteiger partial charge is 0.486 e. The second-order valence-electron chi connectivity index (χ2n) is 11.1. The van der Waals surface area contributed by atoms with Crippen molar-refractivity contribution >= 4 is 11.8 Å². The summed E-state index contributed by atoms with van der Waals surface area (Å²) in [5.41, 5.74) is 2.89. The molecule has 0 saturated carbocycles. The number of furan rings is 1. The molecule has 3 aromatic rings. The molecular formula is C31H36N2O5. The SMILES string of the molecule is CC(C)(C)C(=O)N1CCc2ccc(OCc3ccc(C(=O)NC[C@@H]4CCCO4)o3)cc2[C@H]1c1ccccc1. The minimum absolute atomic E-state index is 0.0788. The zero-order valence-corrected chi connectivity index (χ0v) is 22.4. The van der Waals surface area contributed by atoms with Gasteiger partial charge in [0.05, 0.1) is 12.1 Å². The summed E-state index contributed by atoms with van der Waals surface area (Å²) in [5.74, 6) is 1.39. The van der Waals surface area contributed by atoms with E-state index in [0.29, 0.717) is 24.6 Å². The molecule has 2 atom stereocenters. The molecule has 1 saturated heterocycles. The van der Waals surface area contributed by atoms with Crippen LogP contribution in [0.2, 0.25) is 0 Å². The Morgan fingerprint density at radius 2 is 1.89 bits per heavy atom. The molecule has 1 aromatic heterocycles. The minimum Gasteiger partial charge on any atom is -0.486 e. The van der Waals surface area contributed by atoms with Crippen molar-refractivity contribution in [3.8, 4) is 5.75 Å². The van der Waals surface area contributed by atoms with Crippen LogP contribution < -0.4 is 10.1 Å². The topological polar surface area (TPSA) is 81.0 Å². The highest BCUT2D eigenvalue weighted by atomic mass is 16.5. The highest BCUT2D eigenvalue weighted by Crippen LogP contribution is 2.39. The maximum Gasteiger partial charge on any atom is 0.287 e. The third-order valence-electron chi connectivity index (χ3n) is 7.14. The number of rotatable bonds is 7. The van der Waals surface area contributed by atoms with Crippen LogP contribution in [0.15, 0.2) is 65.1 Å². The van der Waals surface area contributed by atoms with Gasteiger partial charge in [-0.2, -0.15) is 0 Å². The molecule has 7 nitrogen and oxygen atoms in total. The number of hydrogen-bond acceptors (Lipinski definition) is 5. The minimum atomic E-state index is -0.480. The van der Waals surface area contributed by atoms with Crippen molar-refractivity contribution in [1.29, 1.82) is 0 Å². The van der Waals surface area contributed by atoms with E-state index in [4.69, 9.17) is 13.9 Å². The molecule has 2 aliphatic heterocycles. The Bertz CT molecular complexity index is 1270. The van der Waals surface area contributed by atoms with Crippen molar-refractivity contribution in [1.82, 2.24) is 10.2 Å². The Hall–Kier alpha value is -3.58. The van der Waals surface area contributed by atoms with Crippen LogP contribution in [0.3, 0.4) is 0 Å². The van der Waals surface area contributed by atoms with E-state index in [2.05, 4.69) is 23.5 Å². The van der Waals surface area contributed by atoms with Gasteiger partial charge >= 0.3 is 0 Å². The van der Waals surface area contributed by atoms with E-state index in [9.17, 15) is 9.59 Å². The van der Waals surface area contributed by atoms with E-state index in [0.717, 1.165) is 37.0 Å². The number of hydrogen-bond donors (Lipinski definition) is 1. The Balaban J connectivity index is 1.30. The fraction of sp³-hybridized carbons (Fsp3) is 0.419. The molecule has 7 heteroatoms. The standard InChI is InChI=1S/C31H36N2O5/c1-31(2,3)30(35)33-16-15-21-11-12-23(18-26(21)28(33)22-8-5-4-6-9-22)37-20-25-13-14-27(38-25)29(34)32-19-24-10-7-17-36-24/h4-6,8-9,11-14,18,24,28H,7,10,15-17,19-20H2,1-3H3,(H,32,34)/t24-,28+/m0/s1. The molecule has 38 heavy (non-hydrogen) atoms. The molecule has 2 amide bonds. The molecule has 200 valence electrons. The lowest BCUT2D eigenvalue weighted by atomic mass is 9.85. The molecule has 0 spiro atoms. The average molecular weight is 517 g/mol. The zero-order valence-electron chi connectivity index (χ0n) is 22.4. The van der Waals surface area contributed by atoms with Crippen LogP contribution in [0.5, 0.6) is 5.75 Å². The van der Waals surface area contributed by atoms with Gasteiger partial charge < -0.3 is 24.1 Å². The summed E-state index contributed by atoms with van der Waals surface area (Å²) in [6.45, 7) is 8.00. The van der Waals surface area contributed by atoms with E-state index < -0.39 is 5.41 Å². The van der Waals surface area contributed by atoms with Gasteiger partial charge in [-0.25, -0.2) is 0 Å². The lowest BCUT2D eigenvalue weighted by Gasteiger charge is -2.41. The van der Waals surface area contributed by atoms with Crippen LogP contribution in [0.1, 0.15) is 72.7 Å². The highest BCUT2D eigenvalue weighted by molar-refractivity contribution is 5.91. The molecule has 1 fully saturated rings. The normalized spacial score (nSPS) is 19.2. The van der Waals surface area contributed by atoms with Crippen LogP contribution in [0.4, 0.5) is 0 Å². The molecular weight excluding hydrogens is 480 g/mol. The number of carbonyl (C=O) groups excluding carboxylic acids is 2. The quantitative estimate of drug-likeness (QED) is 0.462. The molecule has 5 rings (SSSR count). The molecule has 0 aliphatic carbocycles. The maximum atomic E-state index is 13.4. The number of nitrogens with one attached hydrogen (secondary N) is 1. The Labute approximate surface area is 224 Å². The van der Waals surface area contributed by atoms with Gasteiger partial charge in [0, 0.05) is 25.1 Å². The number of ether oxygens (including phenoxy) is 2. The number of carbonyl (C=O) groups is 2. The van der Waals surface area contributed by atoms with Crippen molar-refractivity contribution < 1.29 is 23.5 Å². The lowest BCUT2D eigenvalue weighted by molar-refractivity contribution is -0.141. The summed E-state index contributed by atoms with van der Waals surface area (Å²) in [7, 11) is 0. The van der Waals surface area contributed by atoms with Crippen LogP contribution in [0, 0.1) is 5.41 Å². The van der Waals surface area contributed by atoms with Gasteiger partial charge in [-0.15, -0.1) is 0 Å². The van der Waals surface area contributed by atoms with E-state index in [1.165, 1.54) is 5.56 Å². The molecule has 0 radical (unpaired) electrons. The van der Waals surface area contributed by atoms with Crippen LogP contribution in [0.25, 0.3) is 0 Å². The third kappa shape index (κ3) is 5.78.